The van der Waals surface area contributed by atoms with Crippen molar-refractivity contribution in [1.82, 2.24) is 0 Å². The van der Waals surface area contributed by atoms with Gasteiger partial charge >= 0.3 is 0 Å². The number of nitrogens with one attached hydrogen (secondary N) is 1. The van der Waals surface area contributed by atoms with E-state index in [0.717, 1.165) is 27.8 Å². The highest BCUT2D eigenvalue weighted by molar-refractivity contribution is 6.04. The number of hydrogen-bond acceptors (Lipinski definition) is 2. The van der Waals surface area contributed by atoms with Gasteiger partial charge in [-0.2, -0.15) is 0 Å². The summed E-state index contributed by atoms with van der Waals surface area (Å²) in [6.45, 7) is 0. The minimum absolute atomic E-state index is 0.805. The molecular weight excluding hydrogens is 268 g/mol. The van der Waals surface area contributed by atoms with Crippen LogP contribution in [0.25, 0.3) is 21.5 Å². The lowest BCUT2D eigenvalue weighted by atomic mass is 10.1. The first kappa shape index (κ1) is 12.7. The third kappa shape index (κ3) is 2.06. The summed E-state index contributed by atoms with van der Waals surface area (Å²) in [5.74, 6) is 0. The van der Waals surface area contributed by atoms with E-state index < -0.39 is 0 Å². The van der Waals surface area contributed by atoms with Crippen LogP contribution in [0, 0.1) is 0 Å². The first-order valence-corrected chi connectivity index (χ1v) is 7.35. The van der Waals surface area contributed by atoms with E-state index >= 15 is 0 Å². The standard InChI is InChI=1S/C20H16N2/c21-18-12-13-20(17-10-4-3-9-16(17)18)22-19-11-5-7-14-6-1-2-8-15(14)19/h1-13,22H,21H2. The summed E-state index contributed by atoms with van der Waals surface area (Å²) in [6.07, 6.45) is 0. The van der Waals surface area contributed by atoms with Gasteiger partial charge in [0, 0.05) is 33.2 Å². The predicted molar refractivity (Wildman–Crippen MR) is 95.6 cm³/mol. The topological polar surface area (TPSA) is 38.0 Å². The zero-order valence-corrected chi connectivity index (χ0v) is 12.1. The number of nitrogen functional groups attached to an aromatic ring is 1. The molecule has 0 saturated heterocycles. The Morgan fingerprint density at radius 3 is 2.05 bits per heavy atom. The van der Waals surface area contributed by atoms with Crippen molar-refractivity contribution in [1.29, 1.82) is 0 Å². The molecule has 0 unspecified atom stereocenters. The average Bonchev–Trinajstić information content (AvgIpc) is 2.58. The number of benzene rings is 4. The Bertz CT molecular complexity index is 968. The van der Waals surface area contributed by atoms with Crippen molar-refractivity contribution in [3.8, 4) is 0 Å². The van der Waals surface area contributed by atoms with Crippen molar-refractivity contribution in [2.45, 2.75) is 0 Å². The van der Waals surface area contributed by atoms with Gasteiger partial charge in [-0.3, -0.25) is 0 Å². The van der Waals surface area contributed by atoms with Crippen molar-refractivity contribution in [3.63, 3.8) is 0 Å². The van der Waals surface area contributed by atoms with E-state index in [0.29, 0.717) is 0 Å². The van der Waals surface area contributed by atoms with E-state index in [1.807, 2.05) is 24.3 Å². The SMILES string of the molecule is Nc1ccc(Nc2cccc3ccccc23)c2ccccc12. The normalized spacial score (nSPS) is 10.9. The van der Waals surface area contributed by atoms with Crippen LogP contribution in [0.3, 0.4) is 0 Å². The molecule has 0 spiro atoms. The fourth-order valence-electron chi connectivity index (χ4n) is 2.91. The van der Waals surface area contributed by atoms with Crippen LogP contribution >= 0.6 is 0 Å². The molecule has 0 bridgehead atoms. The number of fused-ring (bicyclic) bond motifs is 2. The molecule has 0 saturated carbocycles. The molecule has 0 heterocycles. The lowest BCUT2D eigenvalue weighted by Gasteiger charge is -2.13. The number of rotatable bonds is 2. The maximum Gasteiger partial charge on any atom is 0.0465 e. The van der Waals surface area contributed by atoms with Gasteiger partial charge < -0.3 is 11.1 Å². The molecular formula is C20H16N2. The lowest BCUT2D eigenvalue weighted by Crippen LogP contribution is -1.95. The van der Waals surface area contributed by atoms with Crippen molar-refractivity contribution in [2.75, 3.05) is 11.1 Å². The Labute approximate surface area is 129 Å². The Morgan fingerprint density at radius 1 is 0.545 bits per heavy atom. The molecule has 22 heavy (non-hydrogen) atoms. The van der Waals surface area contributed by atoms with Crippen molar-refractivity contribution in [3.05, 3.63) is 78.9 Å². The molecule has 0 aliphatic heterocycles. The van der Waals surface area contributed by atoms with E-state index in [2.05, 4.69) is 59.9 Å². The lowest BCUT2D eigenvalue weighted by molar-refractivity contribution is 1.60. The maximum atomic E-state index is 6.08. The van der Waals surface area contributed by atoms with Gasteiger partial charge in [-0.25, -0.2) is 0 Å². The van der Waals surface area contributed by atoms with Crippen LogP contribution in [0.15, 0.2) is 78.9 Å². The molecule has 0 amide bonds. The number of anilines is 3. The van der Waals surface area contributed by atoms with Crippen LogP contribution in [-0.2, 0) is 0 Å². The summed E-state index contributed by atoms with van der Waals surface area (Å²) in [5, 5.41) is 8.22. The van der Waals surface area contributed by atoms with E-state index in [1.54, 1.807) is 0 Å². The fourth-order valence-corrected chi connectivity index (χ4v) is 2.91. The van der Waals surface area contributed by atoms with Gasteiger partial charge in [-0.05, 0) is 23.6 Å². The van der Waals surface area contributed by atoms with Crippen molar-refractivity contribution in [2.24, 2.45) is 0 Å². The molecule has 2 heteroatoms. The Hall–Kier alpha value is -3.00. The molecule has 106 valence electrons. The van der Waals surface area contributed by atoms with Gasteiger partial charge in [0.05, 0.1) is 0 Å². The summed E-state index contributed by atoms with van der Waals surface area (Å²) < 4.78 is 0. The van der Waals surface area contributed by atoms with Gasteiger partial charge in [0.1, 0.15) is 0 Å². The molecule has 2 nitrogen and oxygen atoms in total. The molecule has 4 aromatic rings. The molecule has 4 rings (SSSR count). The molecule has 0 aliphatic rings. The quantitative estimate of drug-likeness (QED) is 0.489. The van der Waals surface area contributed by atoms with Gasteiger partial charge in [0.15, 0.2) is 0 Å². The van der Waals surface area contributed by atoms with Gasteiger partial charge in [-0.15, -0.1) is 0 Å². The highest BCUT2D eigenvalue weighted by Gasteiger charge is 2.06. The van der Waals surface area contributed by atoms with E-state index in [9.17, 15) is 0 Å². The average molecular weight is 284 g/mol. The van der Waals surface area contributed by atoms with Crippen LogP contribution in [-0.4, -0.2) is 0 Å². The Kier molecular flexibility index (Phi) is 2.94. The van der Waals surface area contributed by atoms with E-state index in [4.69, 9.17) is 5.73 Å². The van der Waals surface area contributed by atoms with Crippen molar-refractivity contribution >= 4 is 38.6 Å². The zero-order valence-electron chi connectivity index (χ0n) is 12.1. The molecule has 0 radical (unpaired) electrons. The molecule has 3 N–H and O–H groups in total. The summed E-state index contributed by atoms with van der Waals surface area (Å²) in [7, 11) is 0. The second-order valence-corrected chi connectivity index (χ2v) is 5.40. The van der Waals surface area contributed by atoms with E-state index in [-0.39, 0.29) is 0 Å². The first-order valence-electron chi connectivity index (χ1n) is 7.35. The van der Waals surface area contributed by atoms with Gasteiger partial charge in [0.2, 0.25) is 0 Å². The molecule has 4 aromatic carbocycles. The van der Waals surface area contributed by atoms with Gasteiger partial charge in [-0.1, -0.05) is 60.7 Å². The summed E-state index contributed by atoms with van der Waals surface area (Å²) in [6, 6.07) is 26.9. The van der Waals surface area contributed by atoms with Gasteiger partial charge in [0.25, 0.3) is 0 Å². The van der Waals surface area contributed by atoms with Crippen LogP contribution in [0.5, 0.6) is 0 Å². The Morgan fingerprint density at radius 2 is 1.18 bits per heavy atom. The van der Waals surface area contributed by atoms with Crippen LogP contribution in [0.4, 0.5) is 17.1 Å². The minimum atomic E-state index is 0.805. The second kappa shape index (κ2) is 5.08. The summed E-state index contributed by atoms with van der Waals surface area (Å²) in [4.78, 5) is 0. The predicted octanol–water partition coefficient (Wildman–Crippen LogP) is 5.32. The Balaban J connectivity index is 1.88. The largest absolute Gasteiger partial charge is 0.398 e. The number of hydrogen-bond donors (Lipinski definition) is 2. The summed E-state index contributed by atoms with van der Waals surface area (Å²) in [5.41, 5.74) is 9.06. The van der Waals surface area contributed by atoms with Crippen molar-refractivity contribution < 1.29 is 0 Å². The smallest absolute Gasteiger partial charge is 0.0465 e. The highest BCUT2D eigenvalue weighted by atomic mass is 14.9. The zero-order chi connectivity index (χ0) is 14.9. The van der Waals surface area contributed by atoms with Crippen LogP contribution < -0.4 is 11.1 Å². The second-order valence-electron chi connectivity index (χ2n) is 5.40. The molecule has 0 fully saturated rings. The van der Waals surface area contributed by atoms with E-state index in [1.165, 1.54) is 10.8 Å². The third-order valence-electron chi connectivity index (χ3n) is 4.02. The van der Waals surface area contributed by atoms with Crippen LogP contribution in [0.2, 0.25) is 0 Å². The monoisotopic (exact) mass is 284 g/mol. The summed E-state index contributed by atoms with van der Waals surface area (Å²) >= 11 is 0. The fraction of sp³-hybridized carbons (Fsp3) is 0. The number of nitrogens with two attached hydrogens (primary N) is 1. The third-order valence-corrected chi connectivity index (χ3v) is 4.02. The first-order chi connectivity index (χ1) is 10.8. The van der Waals surface area contributed by atoms with Crippen LogP contribution in [0.1, 0.15) is 0 Å². The highest BCUT2D eigenvalue weighted by Crippen LogP contribution is 2.32. The molecule has 0 aliphatic carbocycles. The molecule has 0 atom stereocenters. The molecule has 0 aromatic heterocycles. The maximum absolute atomic E-state index is 6.08. The minimum Gasteiger partial charge on any atom is -0.398 e.